The van der Waals surface area contributed by atoms with E-state index in [1.165, 1.54) is 23.8 Å². The first-order chi connectivity index (χ1) is 12.1. The van der Waals surface area contributed by atoms with E-state index in [1.807, 2.05) is 24.3 Å². The molecule has 1 aliphatic heterocycles. The van der Waals surface area contributed by atoms with Crippen molar-refractivity contribution in [2.75, 3.05) is 19.8 Å². The van der Waals surface area contributed by atoms with Crippen LogP contribution in [0.2, 0.25) is 0 Å². The van der Waals surface area contributed by atoms with Crippen LogP contribution in [-0.4, -0.2) is 53.8 Å². The van der Waals surface area contributed by atoms with Gasteiger partial charge < -0.3 is 19.5 Å². The molecule has 1 amide bonds. The van der Waals surface area contributed by atoms with Crippen molar-refractivity contribution < 1.29 is 24.2 Å². The van der Waals surface area contributed by atoms with Gasteiger partial charge in [-0.3, -0.25) is 4.79 Å². The standard InChI is InChI=1S/C19H23NO5/c21-18(20-10-11-24-13-17(20)19(22)23)9-8-14-4-3-7-16(12-14)25-15-5-1-2-6-15/h3-4,7-9,12,15,17H,1-2,5-6,10-11,13H2,(H,22,23)/b9-8+. The molecule has 6 heteroatoms. The van der Waals surface area contributed by atoms with Gasteiger partial charge in [-0.05, 0) is 49.5 Å². The summed E-state index contributed by atoms with van der Waals surface area (Å²) in [6, 6.07) is 6.67. The summed E-state index contributed by atoms with van der Waals surface area (Å²) in [5, 5.41) is 9.20. The van der Waals surface area contributed by atoms with Gasteiger partial charge in [-0.25, -0.2) is 4.79 Å². The summed E-state index contributed by atoms with van der Waals surface area (Å²) in [4.78, 5) is 24.9. The van der Waals surface area contributed by atoms with Gasteiger partial charge in [-0.15, -0.1) is 0 Å². The average Bonchev–Trinajstić information content (AvgIpc) is 3.13. The third-order valence-electron chi connectivity index (χ3n) is 4.58. The van der Waals surface area contributed by atoms with Crippen molar-refractivity contribution in [3.05, 3.63) is 35.9 Å². The van der Waals surface area contributed by atoms with Crippen LogP contribution in [0.25, 0.3) is 6.08 Å². The lowest BCUT2D eigenvalue weighted by Crippen LogP contribution is -2.52. The number of morpholine rings is 1. The highest BCUT2D eigenvalue weighted by Crippen LogP contribution is 2.24. The summed E-state index contributed by atoms with van der Waals surface area (Å²) >= 11 is 0. The fourth-order valence-electron chi connectivity index (χ4n) is 3.23. The highest BCUT2D eigenvalue weighted by Gasteiger charge is 2.31. The van der Waals surface area contributed by atoms with E-state index in [4.69, 9.17) is 9.47 Å². The molecule has 1 saturated heterocycles. The lowest BCUT2D eigenvalue weighted by molar-refractivity contribution is -0.156. The molecule has 1 aromatic carbocycles. The summed E-state index contributed by atoms with van der Waals surface area (Å²) in [7, 11) is 0. The van der Waals surface area contributed by atoms with Crippen molar-refractivity contribution in [3.8, 4) is 5.75 Å². The van der Waals surface area contributed by atoms with Gasteiger partial charge in [0.25, 0.3) is 0 Å². The van der Waals surface area contributed by atoms with E-state index in [0.717, 1.165) is 24.2 Å². The van der Waals surface area contributed by atoms with E-state index in [-0.39, 0.29) is 25.2 Å². The van der Waals surface area contributed by atoms with Crippen LogP contribution in [0.3, 0.4) is 0 Å². The molecule has 3 rings (SSSR count). The van der Waals surface area contributed by atoms with Crippen LogP contribution in [-0.2, 0) is 14.3 Å². The number of rotatable bonds is 5. The van der Waals surface area contributed by atoms with Crippen LogP contribution in [0.15, 0.2) is 30.3 Å². The van der Waals surface area contributed by atoms with Gasteiger partial charge in [-0.2, -0.15) is 0 Å². The van der Waals surface area contributed by atoms with Gasteiger partial charge in [-0.1, -0.05) is 12.1 Å². The van der Waals surface area contributed by atoms with E-state index in [1.54, 1.807) is 6.08 Å². The Morgan fingerprint density at radius 3 is 2.84 bits per heavy atom. The molecule has 1 N–H and O–H groups in total. The molecular formula is C19H23NO5. The van der Waals surface area contributed by atoms with Crippen LogP contribution in [0.5, 0.6) is 5.75 Å². The predicted octanol–water partition coefficient (Wildman–Crippen LogP) is 2.33. The molecule has 1 heterocycles. The van der Waals surface area contributed by atoms with Crippen LogP contribution in [0.4, 0.5) is 0 Å². The van der Waals surface area contributed by atoms with Crippen LogP contribution in [0, 0.1) is 0 Å². The second kappa shape index (κ2) is 8.16. The topological polar surface area (TPSA) is 76.1 Å². The summed E-state index contributed by atoms with van der Waals surface area (Å²) in [5.74, 6) is -0.567. The smallest absolute Gasteiger partial charge is 0.328 e. The van der Waals surface area contributed by atoms with Crippen LogP contribution < -0.4 is 4.74 Å². The maximum Gasteiger partial charge on any atom is 0.328 e. The van der Waals surface area contributed by atoms with Crippen molar-refractivity contribution in [2.45, 2.75) is 37.8 Å². The van der Waals surface area contributed by atoms with Gasteiger partial charge in [0, 0.05) is 12.6 Å². The molecule has 0 bridgehead atoms. The highest BCUT2D eigenvalue weighted by atomic mass is 16.5. The number of benzene rings is 1. The summed E-state index contributed by atoms with van der Waals surface area (Å²) in [5.41, 5.74) is 0.851. The van der Waals surface area contributed by atoms with Gasteiger partial charge in [0.1, 0.15) is 5.75 Å². The Morgan fingerprint density at radius 2 is 2.08 bits per heavy atom. The zero-order valence-corrected chi connectivity index (χ0v) is 14.1. The fourth-order valence-corrected chi connectivity index (χ4v) is 3.23. The first-order valence-electron chi connectivity index (χ1n) is 8.69. The first-order valence-corrected chi connectivity index (χ1v) is 8.69. The van der Waals surface area contributed by atoms with Gasteiger partial charge in [0.2, 0.25) is 5.91 Å². The number of carbonyl (C=O) groups excluding carboxylic acids is 1. The largest absolute Gasteiger partial charge is 0.490 e. The summed E-state index contributed by atoms with van der Waals surface area (Å²) in [6.45, 7) is 0.665. The molecule has 1 aliphatic carbocycles. The molecule has 1 unspecified atom stereocenters. The maximum atomic E-state index is 12.3. The monoisotopic (exact) mass is 345 g/mol. The van der Waals surface area contributed by atoms with E-state index in [9.17, 15) is 14.7 Å². The second-order valence-corrected chi connectivity index (χ2v) is 6.39. The molecule has 0 spiro atoms. The number of aliphatic carboxylic acids is 1. The van der Waals surface area contributed by atoms with Crippen LogP contribution in [0.1, 0.15) is 31.2 Å². The number of nitrogens with zero attached hydrogens (tertiary/aromatic N) is 1. The van der Waals surface area contributed by atoms with Crippen molar-refractivity contribution in [1.82, 2.24) is 4.90 Å². The number of hydrogen-bond donors (Lipinski definition) is 1. The molecule has 1 atom stereocenters. The lowest BCUT2D eigenvalue weighted by atomic mass is 10.1. The molecule has 2 fully saturated rings. The van der Waals surface area contributed by atoms with Gasteiger partial charge in [0.05, 0.1) is 19.3 Å². The third-order valence-corrected chi connectivity index (χ3v) is 4.58. The second-order valence-electron chi connectivity index (χ2n) is 6.39. The predicted molar refractivity (Wildman–Crippen MR) is 92.3 cm³/mol. The molecule has 0 aromatic heterocycles. The van der Waals surface area contributed by atoms with Crippen LogP contribution >= 0.6 is 0 Å². The first kappa shape index (κ1) is 17.5. The van der Waals surface area contributed by atoms with E-state index < -0.39 is 12.0 Å². The lowest BCUT2D eigenvalue weighted by Gasteiger charge is -2.31. The quantitative estimate of drug-likeness (QED) is 0.829. The summed E-state index contributed by atoms with van der Waals surface area (Å²) < 4.78 is 11.1. The fraction of sp³-hybridized carbons (Fsp3) is 0.474. The molecule has 134 valence electrons. The molecular weight excluding hydrogens is 322 g/mol. The summed E-state index contributed by atoms with van der Waals surface area (Å²) in [6.07, 6.45) is 7.99. The van der Waals surface area contributed by atoms with Crippen molar-refractivity contribution in [2.24, 2.45) is 0 Å². The van der Waals surface area contributed by atoms with Gasteiger partial charge in [0.15, 0.2) is 6.04 Å². The van der Waals surface area contributed by atoms with Crippen molar-refractivity contribution in [3.63, 3.8) is 0 Å². The average molecular weight is 345 g/mol. The van der Waals surface area contributed by atoms with E-state index in [2.05, 4.69) is 0 Å². The minimum Gasteiger partial charge on any atom is -0.490 e. The number of carboxylic acids is 1. The van der Waals surface area contributed by atoms with Gasteiger partial charge >= 0.3 is 5.97 Å². The minimum absolute atomic E-state index is 0.0274. The normalized spacial score (nSPS) is 21.6. The molecule has 1 saturated carbocycles. The minimum atomic E-state index is -1.05. The molecule has 2 aliphatic rings. The Balaban J connectivity index is 1.64. The van der Waals surface area contributed by atoms with E-state index >= 15 is 0 Å². The Hall–Kier alpha value is -2.34. The highest BCUT2D eigenvalue weighted by molar-refractivity contribution is 5.94. The number of hydrogen-bond acceptors (Lipinski definition) is 4. The zero-order chi connectivity index (χ0) is 17.6. The Kier molecular flexibility index (Phi) is 5.71. The van der Waals surface area contributed by atoms with Crippen molar-refractivity contribution in [1.29, 1.82) is 0 Å². The van der Waals surface area contributed by atoms with E-state index in [0.29, 0.717) is 6.61 Å². The zero-order valence-electron chi connectivity index (χ0n) is 14.1. The number of carboxylic acid groups (broad SMARTS) is 1. The number of amides is 1. The number of ether oxygens (including phenoxy) is 2. The third kappa shape index (κ3) is 4.60. The Bertz CT molecular complexity index is 651. The Labute approximate surface area is 147 Å². The molecule has 6 nitrogen and oxygen atoms in total. The molecule has 25 heavy (non-hydrogen) atoms. The molecule has 1 aromatic rings. The van der Waals surface area contributed by atoms with Crippen molar-refractivity contribution >= 4 is 18.0 Å². The maximum absolute atomic E-state index is 12.3. The SMILES string of the molecule is O=C(O)C1COCCN1C(=O)/C=C/c1cccc(OC2CCCC2)c1. The Morgan fingerprint density at radius 1 is 1.28 bits per heavy atom. The molecule has 0 radical (unpaired) electrons. The number of carbonyl (C=O) groups is 2.